The summed E-state index contributed by atoms with van der Waals surface area (Å²) in [6.07, 6.45) is 3.14. The second-order valence-electron chi connectivity index (χ2n) is 3.57. The van der Waals surface area contributed by atoms with E-state index in [1.54, 1.807) is 30.2 Å². The zero-order valence-corrected chi connectivity index (χ0v) is 11.0. The Kier molecular flexibility index (Phi) is 3.54. The van der Waals surface area contributed by atoms with Crippen molar-refractivity contribution >= 4 is 23.2 Å². The van der Waals surface area contributed by atoms with E-state index in [0.29, 0.717) is 22.5 Å². The van der Waals surface area contributed by atoms with Gasteiger partial charge in [-0.3, -0.25) is 4.98 Å². The number of aryl methyl sites for hydroxylation is 2. The predicted octanol–water partition coefficient (Wildman–Crippen LogP) is 3.31. The standard InChI is InChI=1S/C11H11Cl2N3O/c1-7-10(4-12)11(16(2)15-7)17-9-3-8(13)5-14-6-9/h3,5-6H,4H2,1-2H3. The van der Waals surface area contributed by atoms with Gasteiger partial charge in [-0.15, -0.1) is 11.6 Å². The minimum Gasteiger partial charge on any atom is -0.437 e. The summed E-state index contributed by atoms with van der Waals surface area (Å²) in [6, 6.07) is 1.69. The Bertz CT molecular complexity index is 540. The van der Waals surface area contributed by atoms with E-state index >= 15 is 0 Å². The molecule has 6 heteroatoms. The van der Waals surface area contributed by atoms with Crippen LogP contribution in [-0.4, -0.2) is 14.8 Å². The van der Waals surface area contributed by atoms with Crippen LogP contribution in [0.1, 0.15) is 11.3 Å². The van der Waals surface area contributed by atoms with Crippen LogP contribution in [0.25, 0.3) is 0 Å². The number of pyridine rings is 1. The Labute approximate surface area is 109 Å². The molecule has 0 amide bonds. The third kappa shape index (κ3) is 2.53. The minimum absolute atomic E-state index is 0.350. The molecule has 0 spiro atoms. The Hall–Kier alpha value is -1.26. The third-order valence-electron chi connectivity index (χ3n) is 2.32. The van der Waals surface area contributed by atoms with Crippen LogP contribution in [0.2, 0.25) is 5.02 Å². The zero-order chi connectivity index (χ0) is 12.4. The van der Waals surface area contributed by atoms with E-state index in [4.69, 9.17) is 27.9 Å². The maximum atomic E-state index is 5.87. The molecule has 0 atom stereocenters. The van der Waals surface area contributed by atoms with Gasteiger partial charge in [-0.25, -0.2) is 4.68 Å². The number of rotatable bonds is 3. The first-order valence-corrected chi connectivity index (χ1v) is 5.90. The molecule has 0 aliphatic rings. The molecule has 0 unspecified atom stereocenters. The fourth-order valence-electron chi connectivity index (χ4n) is 1.52. The van der Waals surface area contributed by atoms with E-state index in [1.807, 2.05) is 6.92 Å². The summed E-state index contributed by atoms with van der Waals surface area (Å²) in [5, 5.41) is 4.78. The molecule has 4 nitrogen and oxygen atoms in total. The second kappa shape index (κ2) is 4.94. The molecule has 0 radical (unpaired) electrons. The lowest BCUT2D eigenvalue weighted by atomic mass is 10.3. The van der Waals surface area contributed by atoms with Gasteiger partial charge >= 0.3 is 0 Å². The normalized spacial score (nSPS) is 10.6. The molecule has 0 aromatic carbocycles. The van der Waals surface area contributed by atoms with E-state index in [-0.39, 0.29) is 0 Å². The molecule has 2 aromatic heterocycles. The summed E-state index contributed by atoms with van der Waals surface area (Å²) < 4.78 is 7.35. The maximum Gasteiger partial charge on any atom is 0.222 e. The largest absolute Gasteiger partial charge is 0.437 e. The van der Waals surface area contributed by atoms with Crippen molar-refractivity contribution < 1.29 is 4.74 Å². The van der Waals surface area contributed by atoms with Crippen LogP contribution in [0, 0.1) is 6.92 Å². The van der Waals surface area contributed by atoms with Crippen LogP contribution in [-0.2, 0) is 12.9 Å². The van der Waals surface area contributed by atoms with Crippen LogP contribution in [0.5, 0.6) is 11.6 Å². The summed E-state index contributed by atoms with van der Waals surface area (Å²) in [5.41, 5.74) is 1.72. The molecule has 0 aliphatic heterocycles. The third-order valence-corrected chi connectivity index (χ3v) is 2.79. The summed E-state index contributed by atoms with van der Waals surface area (Å²) in [7, 11) is 1.80. The van der Waals surface area contributed by atoms with Crippen LogP contribution >= 0.6 is 23.2 Å². The molecule has 0 bridgehead atoms. The Morgan fingerprint density at radius 1 is 1.41 bits per heavy atom. The van der Waals surface area contributed by atoms with Crippen molar-refractivity contribution in [1.29, 1.82) is 0 Å². The highest BCUT2D eigenvalue weighted by Gasteiger charge is 2.14. The van der Waals surface area contributed by atoms with Crippen LogP contribution in [0.15, 0.2) is 18.5 Å². The van der Waals surface area contributed by atoms with E-state index < -0.39 is 0 Å². The van der Waals surface area contributed by atoms with E-state index in [0.717, 1.165) is 11.3 Å². The summed E-state index contributed by atoms with van der Waals surface area (Å²) in [6.45, 7) is 1.89. The van der Waals surface area contributed by atoms with Crippen molar-refractivity contribution in [2.75, 3.05) is 0 Å². The average Bonchev–Trinajstić information content (AvgIpc) is 2.53. The summed E-state index contributed by atoms with van der Waals surface area (Å²) in [4.78, 5) is 3.95. The van der Waals surface area contributed by atoms with Gasteiger partial charge in [0.2, 0.25) is 5.88 Å². The van der Waals surface area contributed by atoms with Gasteiger partial charge in [-0.1, -0.05) is 11.6 Å². The monoisotopic (exact) mass is 271 g/mol. The average molecular weight is 272 g/mol. The van der Waals surface area contributed by atoms with Crippen molar-refractivity contribution in [3.8, 4) is 11.6 Å². The van der Waals surface area contributed by atoms with Gasteiger partial charge in [-0.05, 0) is 6.92 Å². The molecule has 0 fully saturated rings. The first-order chi connectivity index (χ1) is 8.11. The first-order valence-electron chi connectivity index (χ1n) is 4.98. The Balaban J connectivity index is 2.36. The molecular weight excluding hydrogens is 261 g/mol. The van der Waals surface area contributed by atoms with E-state index in [1.165, 1.54) is 0 Å². The van der Waals surface area contributed by atoms with Gasteiger partial charge in [0.1, 0.15) is 5.75 Å². The SMILES string of the molecule is Cc1nn(C)c(Oc2cncc(Cl)c2)c1CCl. The van der Waals surface area contributed by atoms with Gasteiger partial charge in [0.15, 0.2) is 0 Å². The lowest BCUT2D eigenvalue weighted by Gasteiger charge is -2.07. The van der Waals surface area contributed by atoms with Gasteiger partial charge in [0, 0.05) is 19.3 Å². The molecular formula is C11H11Cl2N3O. The predicted molar refractivity (Wildman–Crippen MR) is 66.8 cm³/mol. The number of hydrogen-bond donors (Lipinski definition) is 0. The van der Waals surface area contributed by atoms with Crippen molar-refractivity contribution in [3.63, 3.8) is 0 Å². The van der Waals surface area contributed by atoms with Gasteiger partial charge < -0.3 is 4.74 Å². The van der Waals surface area contributed by atoms with Crippen molar-refractivity contribution in [1.82, 2.24) is 14.8 Å². The molecule has 0 N–H and O–H groups in total. The molecule has 2 rings (SSSR count). The molecule has 17 heavy (non-hydrogen) atoms. The molecule has 0 aliphatic carbocycles. The molecule has 90 valence electrons. The number of aromatic nitrogens is 3. The number of alkyl halides is 1. The van der Waals surface area contributed by atoms with E-state index in [9.17, 15) is 0 Å². The second-order valence-corrected chi connectivity index (χ2v) is 4.27. The summed E-state index contributed by atoms with van der Waals surface area (Å²) >= 11 is 11.7. The number of halogens is 2. The molecule has 2 heterocycles. The molecule has 2 aromatic rings. The van der Waals surface area contributed by atoms with Crippen LogP contribution in [0.3, 0.4) is 0 Å². The quantitative estimate of drug-likeness (QED) is 0.805. The zero-order valence-electron chi connectivity index (χ0n) is 9.44. The smallest absolute Gasteiger partial charge is 0.222 e. The fraction of sp³-hybridized carbons (Fsp3) is 0.273. The van der Waals surface area contributed by atoms with Gasteiger partial charge in [0.05, 0.1) is 28.4 Å². The summed E-state index contributed by atoms with van der Waals surface area (Å²) in [5.74, 6) is 1.52. The van der Waals surface area contributed by atoms with Crippen molar-refractivity contribution in [2.45, 2.75) is 12.8 Å². The van der Waals surface area contributed by atoms with Gasteiger partial charge in [-0.2, -0.15) is 5.10 Å². The van der Waals surface area contributed by atoms with Crippen molar-refractivity contribution in [2.24, 2.45) is 7.05 Å². The van der Waals surface area contributed by atoms with E-state index in [2.05, 4.69) is 10.1 Å². The highest BCUT2D eigenvalue weighted by Crippen LogP contribution is 2.28. The first kappa shape index (κ1) is 12.2. The highest BCUT2D eigenvalue weighted by atomic mass is 35.5. The highest BCUT2D eigenvalue weighted by molar-refractivity contribution is 6.30. The topological polar surface area (TPSA) is 39.9 Å². The maximum absolute atomic E-state index is 5.87. The minimum atomic E-state index is 0.350. The van der Waals surface area contributed by atoms with Crippen LogP contribution < -0.4 is 4.74 Å². The fourth-order valence-corrected chi connectivity index (χ4v) is 1.99. The molecule has 0 saturated carbocycles. The number of ether oxygens (including phenoxy) is 1. The Morgan fingerprint density at radius 2 is 2.18 bits per heavy atom. The van der Waals surface area contributed by atoms with Crippen LogP contribution in [0.4, 0.5) is 0 Å². The molecule has 0 saturated heterocycles. The number of nitrogens with zero attached hydrogens (tertiary/aromatic N) is 3. The van der Waals surface area contributed by atoms with Crippen molar-refractivity contribution in [3.05, 3.63) is 34.7 Å². The lowest BCUT2D eigenvalue weighted by Crippen LogP contribution is -1.96. The number of hydrogen-bond acceptors (Lipinski definition) is 3. The Morgan fingerprint density at radius 3 is 2.82 bits per heavy atom. The lowest BCUT2D eigenvalue weighted by molar-refractivity contribution is 0.425. The van der Waals surface area contributed by atoms with Gasteiger partial charge in [0.25, 0.3) is 0 Å².